The molecule has 7 aliphatic heterocycles. The van der Waals surface area contributed by atoms with E-state index in [1.165, 1.54) is 0 Å². The number of fused-ring (bicyclic) bond motifs is 7. The molecule has 11 rings (SSSR count). The number of aliphatic hydroxyl groups excluding tert-OH is 16. The Hall–Kier alpha value is -1.45. The number of Topliss-reactive ketones (excluding diaryl/α,β-unsaturated/α-hetero) is 1. The van der Waals surface area contributed by atoms with Crippen LogP contribution in [-0.4, -0.2) is 299 Å². The van der Waals surface area contributed by atoms with Crippen molar-refractivity contribution in [1.29, 1.82) is 0 Å². The average molecular weight is 1230 g/mol. The number of hydrogen-bond donors (Lipinski definition) is 16. The summed E-state index contributed by atoms with van der Waals surface area (Å²) >= 11 is 0. The number of aliphatic hydroxyl groups is 16. The molecule has 4 aliphatic carbocycles. The third kappa shape index (κ3) is 11.3. The van der Waals surface area contributed by atoms with Gasteiger partial charge in [-0.25, -0.2) is 0 Å². The normalized spacial score (nSPS) is 57.2. The van der Waals surface area contributed by atoms with Gasteiger partial charge in [0.25, 0.3) is 0 Å². The van der Waals surface area contributed by atoms with E-state index in [4.69, 9.17) is 56.8 Å². The minimum atomic E-state index is -2.23. The van der Waals surface area contributed by atoms with E-state index in [2.05, 4.69) is 27.7 Å². The maximum absolute atomic E-state index is 14.5. The number of carbonyl (C=O) groups is 1. The molecule has 0 bridgehead atoms. The third-order valence-corrected chi connectivity index (χ3v) is 22.0. The van der Waals surface area contributed by atoms with Gasteiger partial charge in [0.1, 0.15) is 122 Å². The fourth-order valence-corrected chi connectivity index (χ4v) is 17.3. The SMILES string of the molecule is CC1CCC2(OC1)OC1CC3C4CC(O)C5CC(OC6OC(CO)C(OC7OC(CO)C(O)C(OC8OCC(O)C(O)C8O)C7OC7OC(CO)C(O)C(OC8OC(CO)C(O)C(O)C8O)C7O)C(O)C6O)C(=O)CC5(C)C4CCC3(C)C1C2C. The molecule has 37 atom stereocenters. The molecule has 0 aromatic heterocycles. The van der Waals surface area contributed by atoms with Gasteiger partial charge < -0.3 is 139 Å². The number of carbonyl (C=O) groups excluding carboxylic acids is 1. The molecule has 0 aromatic rings. The molecular formula is C56H90O29. The van der Waals surface area contributed by atoms with Gasteiger partial charge in [-0.2, -0.15) is 0 Å². The van der Waals surface area contributed by atoms with Gasteiger partial charge >= 0.3 is 0 Å². The van der Waals surface area contributed by atoms with Gasteiger partial charge in [-0.05, 0) is 84.9 Å². The molecule has 488 valence electrons. The second-order valence-corrected chi connectivity index (χ2v) is 26.8. The van der Waals surface area contributed by atoms with E-state index in [1.807, 2.05) is 0 Å². The first-order valence-corrected chi connectivity index (χ1v) is 30.3. The van der Waals surface area contributed by atoms with Crippen LogP contribution in [0.3, 0.4) is 0 Å². The van der Waals surface area contributed by atoms with Gasteiger partial charge in [0.05, 0.1) is 51.8 Å². The van der Waals surface area contributed by atoms with Crippen molar-refractivity contribution in [1.82, 2.24) is 0 Å². The van der Waals surface area contributed by atoms with Crippen LogP contribution >= 0.6 is 0 Å². The highest BCUT2D eigenvalue weighted by Gasteiger charge is 2.71. The Morgan fingerprint density at radius 2 is 1.05 bits per heavy atom. The van der Waals surface area contributed by atoms with E-state index in [-0.39, 0.29) is 53.8 Å². The third-order valence-electron chi connectivity index (χ3n) is 22.0. The summed E-state index contributed by atoms with van der Waals surface area (Å²) in [6.07, 6.45) is -42.8. The summed E-state index contributed by atoms with van der Waals surface area (Å²) in [5.74, 6) is 0.209. The highest BCUT2D eigenvalue weighted by Crippen LogP contribution is 2.71. The highest BCUT2D eigenvalue weighted by molar-refractivity contribution is 5.85. The van der Waals surface area contributed by atoms with Gasteiger partial charge in [0.15, 0.2) is 43.0 Å². The maximum Gasteiger partial charge on any atom is 0.187 e. The van der Waals surface area contributed by atoms with Crippen LogP contribution in [0, 0.1) is 52.3 Å². The van der Waals surface area contributed by atoms with Crippen molar-refractivity contribution in [3.8, 4) is 0 Å². The lowest BCUT2D eigenvalue weighted by molar-refractivity contribution is -0.409. The van der Waals surface area contributed by atoms with Crippen LogP contribution in [0.1, 0.15) is 79.1 Å². The standard InChI is InChI=1S/C56H90O29/c1-19-5-8-56(75-17-19)20(2)34-29(85-56)10-23-21-9-25(61)24-11-28(26(62)12-55(24,4)22(21)6-7-54(23,34)3)76-50-43(72)40(69)45(33(16-60)80-50)81-53-48(47(38(67)32(15-59)79-53)83-49-41(70)35(64)27(63)18-74-49)84-52-44(73)46(37(66)31(14-58)78-52)82-51-42(71)39(68)36(65)30(13-57)77-51/h19-25,27-53,57-61,63-73H,5-18H2,1-4H3. The van der Waals surface area contributed by atoms with Crippen molar-refractivity contribution in [3.63, 3.8) is 0 Å². The summed E-state index contributed by atoms with van der Waals surface area (Å²) in [6, 6.07) is 0. The predicted octanol–water partition coefficient (Wildman–Crippen LogP) is -6.30. The van der Waals surface area contributed by atoms with Crippen molar-refractivity contribution in [2.45, 2.75) is 251 Å². The summed E-state index contributed by atoms with van der Waals surface area (Å²) in [7, 11) is 0. The van der Waals surface area contributed by atoms with E-state index in [0.717, 1.165) is 32.1 Å². The first kappa shape index (κ1) is 65.1. The molecule has 7 saturated heterocycles. The highest BCUT2D eigenvalue weighted by atomic mass is 16.8. The Morgan fingerprint density at radius 1 is 0.482 bits per heavy atom. The average Bonchev–Trinajstić information content (AvgIpc) is 1.69. The Balaban J connectivity index is 0.801. The maximum atomic E-state index is 14.5. The molecule has 29 heteroatoms. The number of ketones is 1. The van der Waals surface area contributed by atoms with Crippen LogP contribution in [0.25, 0.3) is 0 Å². The summed E-state index contributed by atoms with van der Waals surface area (Å²) < 4.78 is 72.6. The first-order valence-electron chi connectivity index (χ1n) is 30.3. The molecular weight excluding hydrogens is 1140 g/mol. The molecule has 0 amide bonds. The van der Waals surface area contributed by atoms with E-state index >= 15 is 0 Å². The largest absolute Gasteiger partial charge is 0.394 e. The first-order chi connectivity index (χ1) is 40.3. The summed E-state index contributed by atoms with van der Waals surface area (Å²) in [5, 5.41) is 176. The molecule has 85 heavy (non-hydrogen) atoms. The minimum absolute atomic E-state index is 0.0362. The van der Waals surface area contributed by atoms with Crippen LogP contribution in [0.5, 0.6) is 0 Å². The zero-order valence-electron chi connectivity index (χ0n) is 48.0. The number of rotatable bonds is 14. The molecule has 37 unspecified atom stereocenters. The van der Waals surface area contributed by atoms with Crippen LogP contribution in [0.4, 0.5) is 0 Å². The monoisotopic (exact) mass is 1230 g/mol. The van der Waals surface area contributed by atoms with Gasteiger partial charge in [-0.15, -0.1) is 0 Å². The fraction of sp³-hybridized carbons (Fsp3) is 0.982. The smallest absolute Gasteiger partial charge is 0.187 e. The Kier molecular flexibility index (Phi) is 19.3. The van der Waals surface area contributed by atoms with Gasteiger partial charge in [0.2, 0.25) is 0 Å². The summed E-state index contributed by atoms with van der Waals surface area (Å²) in [6.45, 7) is 5.16. The number of hydrogen-bond acceptors (Lipinski definition) is 29. The molecule has 29 nitrogen and oxygen atoms in total. The van der Waals surface area contributed by atoms with E-state index in [9.17, 15) is 86.5 Å². The van der Waals surface area contributed by atoms with Crippen molar-refractivity contribution >= 4 is 5.78 Å². The van der Waals surface area contributed by atoms with Crippen LogP contribution in [-0.2, 0) is 61.6 Å². The molecule has 7 heterocycles. The lowest BCUT2D eigenvalue weighted by atomic mass is 9.43. The van der Waals surface area contributed by atoms with Crippen molar-refractivity contribution in [3.05, 3.63) is 0 Å². The van der Waals surface area contributed by atoms with Crippen LogP contribution < -0.4 is 0 Å². The van der Waals surface area contributed by atoms with E-state index < -0.39 is 210 Å². The predicted molar refractivity (Wildman–Crippen MR) is 277 cm³/mol. The Labute approximate surface area is 490 Å². The molecule has 0 radical (unpaired) electrons. The lowest BCUT2D eigenvalue weighted by Crippen LogP contribution is -2.69. The second-order valence-electron chi connectivity index (χ2n) is 26.8. The van der Waals surface area contributed by atoms with Crippen molar-refractivity contribution in [2.75, 3.05) is 39.6 Å². The zero-order valence-corrected chi connectivity index (χ0v) is 48.0. The molecule has 11 fully saturated rings. The van der Waals surface area contributed by atoms with Crippen molar-refractivity contribution < 1.29 is 143 Å². The van der Waals surface area contributed by atoms with Crippen molar-refractivity contribution in [2.24, 2.45) is 52.3 Å². The zero-order chi connectivity index (χ0) is 61.1. The van der Waals surface area contributed by atoms with Crippen LogP contribution in [0.2, 0.25) is 0 Å². The Bertz CT molecular complexity index is 2260. The number of ether oxygens (including phenoxy) is 12. The molecule has 4 saturated carbocycles. The summed E-state index contributed by atoms with van der Waals surface area (Å²) in [5.41, 5.74) is -0.653. The lowest BCUT2D eigenvalue weighted by Gasteiger charge is -2.62. The van der Waals surface area contributed by atoms with E-state index in [0.29, 0.717) is 24.9 Å². The topological polar surface area (TPSA) is 452 Å². The van der Waals surface area contributed by atoms with Gasteiger partial charge in [-0.3, -0.25) is 4.79 Å². The molecule has 16 N–H and O–H groups in total. The van der Waals surface area contributed by atoms with Gasteiger partial charge in [-0.1, -0.05) is 27.7 Å². The fourth-order valence-electron chi connectivity index (χ4n) is 17.3. The quantitative estimate of drug-likeness (QED) is 0.0720. The second kappa shape index (κ2) is 25.2. The molecule has 11 aliphatic rings. The molecule has 0 aromatic carbocycles. The van der Waals surface area contributed by atoms with E-state index in [1.54, 1.807) is 0 Å². The molecule has 1 spiro atoms. The minimum Gasteiger partial charge on any atom is -0.394 e. The summed E-state index contributed by atoms with van der Waals surface area (Å²) in [4.78, 5) is 14.5. The van der Waals surface area contributed by atoms with Gasteiger partial charge in [0, 0.05) is 18.8 Å². The Morgan fingerprint density at radius 3 is 1.71 bits per heavy atom. The van der Waals surface area contributed by atoms with Crippen LogP contribution in [0.15, 0.2) is 0 Å².